The van der Waals surface area contributed by atoms with Crippen molar-refractivity contribution in [1.29, 1.82) is 5.26 Å². The number of benzene rings is 1. The molecule has 0 unspecified atom stereocenters. The highest BCUT2D eigenvalue weighted by Gasteiger charge is 2.10. The molecule has 4 heteroatoms. The summed E-state index contributed by atoms with van der Waals surface area (Å²) in [7, 11) is 0. The summed E-state index contributed by atoms with van der Waals surface area (Å²) in [4.78, 5) is 3.20. The van der Waals surface area contributed by atoms with Crippen LogP contribution in [0.25, 0.3) is 11.0 Å². The van der Waals surface area contributed by atoms with Crippen molar-refractivity contribution in [3.05, 3.63) is 28.5 Å². The zero-order chi connectivity index (χ0) is 13.1. The molecule has 0 aliphatic carbocycles. The summed E-state index contributed by atoms with van der Waals surface area (Å²) >= 11 is 5.37. The van der Waals surface area contributed by atoms with E-state index in [-0.39, 0.29) is 0 Å². The number of aromatic nitrogens is 2. The summed E-state index contributed by atoms with van der Waals surface area (Å²) in [5.74, 6) is 0.626. The minimum Gasteiger partial charge on any atom is -0.331 e. The number of H-pyrrole nitrogens is 1. The maximum Gasteiger partial charge on any atom is 0.178 e. The molecule has 0 atom stereocenters. The molecular weight excluding hydrogens is 242 g/mol. The van der Waals surface area contributed by atoms with Crippen molar-refractivity contribution in [2.24, 2.45) is 5.92 Å². The Bertz CT molecular complexity index is 641. The van der Waals surface area contributed by atoms with Crippen molar-refractivity contribution in [1.82, 2.24) is 9.55 Å². The number of nitriles is 1. The summed E-state index contributed by atoms with van der Waals surface area (Å²) in [5, 5.41) is 8.97. The Hall–Kier alpha value is -1.60. The van der Waals surface area contributed by atoms with E-state index in [1.807, 2.05) is 18.2 Å². The number of nitrogens with one attached hydrogen (secondary N) is 1. The van der Waals surface area contributed by atoms with Gasteiger partial charge in [-0.05, 0) is 36.3 Å². The van der Waals surface area contributed by atoms with E-state index < -0.39 is 0 Å². The van der Waals surface area contributed by atoms with Gasteiger partial charge < -0.3 is 9.55 Å². The third-order valence-electron chi connectivity index (χ3n) is 3.50. The predicted molar refractivity (Wildman–Crippen MR) is 75.9 cm³/mol. The highest BCUT2D eigenvalue weighted by Crippen LogP contribution is 2.19. The Labute approximate surface area is 112 Å². The van der Waals surface area contributed by atoms with Crippen LogP contribution in [0.15, 0.2) is 18.2 Å². The highest BCUT2D eigenvalue weighted by molar-refractivity contribution is 7.71. The predicted octanol–water partition coefficient (Wildman–Crippen LogP) is 4.01. The summed E-state index contributed by atoms with van der Waals surface area (Å²) < 4.78 is 2.86. The average molecular weight is 259 g/mol. The molecule has 0 amide bonds. The Morgan fingerprint density at radius 3 is 2.72 bits per heavy atom. The fraction of sp³-hybridized carbons (Fsp3) is 0.429. The number of aromatic amines is 1. The number of imidazole rings is 1. The van der Waals surface area contributed by atoms with E-state index in [0.717, 1.165) is 35.2 Å². The van der Waals surface area contributed by atoms with Gasteiger partial charge in [0.15, 0.2) is 4.77 Å². The second-order valence-electron chi connectivity index (χ2n) is 4.57. The minimum atomic E-state index is 0.626. The summed E-state index contributed by atoms with van der Waals surface area (Å²) in [6.45, 7) is 5.32. The molecule has 0 radical (unpaired) electrons. The lowest BCUT2D eigenvalue weighted by molar-refractivity contribution is 0.422. The molecule has 18 heavy (non-hydrogen) atoms. The first kappa shape index (κ1) is 12.8. The van der Waals surface area contributed by atoms with E-state index in [2.05, 4.69) is 29.5 Å². The van der Waals surface area contributed by atoms with Gasteiger partial charge in [-0.1, -0.05) is 26.7 Å². The number of nitrogens with zero attached hydrogens (tertiary/aromatic N) is 2. The standard InChI is InChI=1S/C14H17N3S/c1-3-10(4-2)9-17-13-7-11(8-15)5-6-12(13)16-14(17)18/h5-7,10H,3-4,9H2,1-2H3,(H,16,18). The van der Waals surface area contributed by atoms with Crippen molar-refractivity contribution < 1.29 is 0 Å². The quantitative estimate of drug-likeness (QED) is 0.843. The molecule has 0 aliphatic heterocycles. The lowest BCUT2D eigenvalue weighted by atomic mass is 10.0. The molecule has 1 aromatic carbocycles. The molecule has 0 bridgehead atoms. The molecule has 2 rings (SSSR count). The van der Waals surface area contributed by atoms with Crippen LogP contribution in [0.3, 0.4) is 0 Å². The Morgan fingerprint density at radius 1 is 1.39 bits per heavy atom. The average Bonchev–Trinajstić information content (AvgIpc) is 2.70. The van der Waals surface area contributed by atoms with Gasteiger partial charge in [-0.2, -0.15) is 5.26 Å². The largest absolute Gasteiger partial charge is 0.331 e. The van der Waals surface area contributed by atoms with E-state index in [1.165, 1.54) is 0 Å². The van der Waals surface area contributed by atoms with E-state index in [1.54, 1.807) is 0 Å². The first-order valence-corrected chi connectivity index (χ1v) is 6.73. The zero-order valence-electron chi connectivity index (χ0n) is 10.7. The second kappa shape index (κ2) is 5.36. The van der Waals surface area contributed by atoms with E-state index in [9.17, 15) is 0 Å². The van der Waals surface area contributed by atoms with Gasteiger partial charge in [0.05, 0.1) is 22.7 Å². The summed E-state index contributed by atoms with van der Waals surface area (Å²) in [5.41, 5.74) is 2.71. The molecule has 0 spiro atoms. The molecule has 3 nitrogen and oxygen atoms in total. The van der Waals surface area contributed by atoms with Crippen LogP contribution in [-0.2, 0) is 6.54 Å². The molecular formula is C14H17N3S. The van der Waals surface area contributed by atoms with Gasteiger partial charge in [-0.25, -0.2) is 0 Å². The molecule has 2 aromatic rings. The Morgan fingerprint density at radius 2 is 2.11 bits per heavy atom. The van der Waals surface area contributed by atoms with Gasteiger partial charge in [-0.3, -0.25) is 0 Å². The van der Waals surface area contributed by atoms with Crippen molar-refractivity contribution in [3.63, 3.8) is 0 Å². The minimum absolute atomic E-state index is 0.626. The zero-order valence-corrected chi connectivity index (χ0v) is 11.5. The van der Waals surface area contributed by atoms with Gasteiger partial charge in [0.1, 0.15) is 0 Å². The third-order valence-corrected chi connectivity index (χ3v) is 3.82. The maximum atomic E-state index is 8.97. The van der Waals surface area contributed by atoms with Crippen LogP contribution < -0.4 is 0 Å². The molecule has 0 aliphatic rings. The number of hydrogen-bond donors (Lipinski definition) is 1. The van der Waals surface area contributed by atoms with Crippen molar-refractivity contribution in [2.75, 3.05) is 0 Å². The molecule has 94 valence electrons. The van der Waals surface area contributed by atoms with Crippen LogP contribution in [0, 0.1) is 22.0 Å². The normalized spacial score (nSPS) is 11.0. The Balaban J connectivity index is 2.52. The monoisotopic (exact) mass is 259 g/mol. The highest BCUT2D eigenvalue weighted by atomic mass is 32.1. The first-order chi connectivity index (χ1) is 8.69. The second-order valence-corrected chi connectivity index (χ2v) is 4.95. The number of hydrogen-bond acceptors (Lipinski definition) is 2. The lowest BCUT2D eigenvalue weighted by Gasteiger charge is -2.13. The van der Waals surface area contributed by atoms with Crippen LogP contribution in [0.2, 0.25) is 0 Å². The molecule has 0 saturated heterocycles. The van der Waals surface area contributed by atoms with Crippen LogP contribution in [0.4, 0.5) is 0 Å². The van der Waals surface area contributed by atoms with Gasteiger partial charge in [-0.15, -0.1) is 0 Å². The lowest BCUT2D eigenvalue weighted by Crippen LogP contribution is -2.09. The van der Waals surface area contributed by atoms with Crippen molar-refractivity contribution in [2.45, 2.75) is 33.2 Å². The molecule has 0 saturated carbocycles. The van der Waals surface area contributed by atoms with Crippen molar-refractivity contribution in [3.8, 4) is 6.07 Å². The SMILES string of the molecule is CCC(CC)Cn1c(=S)[nH]c2ccc(C#N)cc21. The summed E-state index contributed by atoms with van der Waals surface area (Å²) in [6.07, 6.45) is 2.28. The van der Waals surface area contributed by atoms with Crippen LogP contribution in [0.1, 0.15) is 32.3 Å². The van der Waals surface area contributed by atoms with Crippen molar-refractivity contribution >= 4 is 23.3 Å². The maximum absolute atomic E-state index is 8.97. The molecule has 0 fully saturated rings. The third kappa shape index (κ3) is 2.32. The summed E-state index contributed by atoms with van der Waals surface area (Å²) in [6, 6.07) is 7.82. The molecule has 1 heterocycles. The van der Waals surface area contributed by atoms with Gasteiger partial charge in [0.25, 0.3) is 0 Å². The first-order valence-electron chi connectivity index (χ1n) is 6.32. The smallest absolute Gasteiger partial charge is 0.178 e. The van der Waals surface area contributed by atoms with Gasteiger partial charge in [0.2, 0.25) is 0 Å². The Kier molecular flexibility index (Phi) is 3.83. The van der Waals surface area contributed by atoms with Crippen LogP contribution in [0.5, 0.6) is 0 Å². The van der Waals surface area contributed by atoms with E-state index >= 15 is 0 Å². The fourth-order valence-electron chi connectivity index (χ4n) is 2.21. The number of fused-ring (bicyclic) bond motifs is 1. The van der Waals surface area contributed by atoms with Gasteiger partial charge in [0, 0.05) is 6.54 Å². The van der Waals surface area contributed by atoms with E-state index in [0.29, 0.717) is 11.5 Å². The van der Waals surface area contributed by atoms with E-state index in [4.69, 9.17) is 17.5 Å². The molecule has 1 aromatic heterocycles. The van der Waals surface area contributed by atoms with Crippen LogP contribution in [-0.4, -0.2) is 9.55 Å². The molecule has 1 N–H and O–H groups in total. The number of rotatable bonds is 4. The van der Waals surface area contributed by atoms with Crippen LogP contribution >= 0.6 is 12.2 Å². The fourth-order valence-corrected chi connectivity index (χ4v) is 2.49. The topological polar surface area (TPSA) is 44.5 Å². The van der Waals surface area contributed by atoms with Gasteiger partial charge >= 0.3 is 0 Å².